The number of halogens is 2. The Morgan fingerprint density at radius 2 is 2.16 bits per heavy atom. The second kappa shape index (κ2) is 7.04. The molecule has 1 atom stereocenters. The molecule has 0 saturated carbocycles. The lowest BCUT2D eigenvalue weighted by Crippen LogP contribution is -2.24. The van der Waals surface area contributed by atoms with E-state index in [1.54, 1.807) is 23.5 Å². The first-order valence-corrected chi connectivity index (χ1v) is 7.67. The smallest absolute Gasteiger partial charge is 0.146 e. The van der Waals surface area contributed by atoms with Gasteiger partial charge in [-0.15, -0.1) is 11.3 Å². The fourth-order valence-corrected chi connectivity index (χ4v) is 2.96. The molecule has 1 heterocycles. The van der Waals surface area contributed by atoms with E-state index in [1.807, 2.05) is 17.5 Å². The molecule has 2 aromatic rings. The summed E-state index contributed by atoms with van der Waals surface area (Å²) in [4.78, 5) is 1.24. The van der Waals surface area contributed by atoms with Crippen molar-refractivity contribution in [2.24, 2.45) is 0 Å². The van der Waals surface area contributed by atoms with Gasteiger partial charge in [0.05, 0.1) is 5.02 Å². The summed E-state index contributed by atoms with van der Waals surface area (Å²) < 4.78 is 14.1. The molecule has 0 fully saturated rings. The van der Waals surface area contributed by atoms with Gasteiger partial charge in [-0.2, -0.15) is 0 Å². The van der Waals surface area contributed by atoms with Crippen LogP contribution in [0.4, 0.5) is 4.39 Å². The second-order valence-electron chi connectivity index (χ2n) is 4.43. The maximum absolute atomic E-state index is 14.1. The molecular weight excluding hydrogens is 281 g/mol. The van der Waals surface area contributed by atoms with Crippen LogP contribution in [0.15, 0.2) is 35.7 Å². The van der Waals surface area contributed by atoms with Gasteiger partial charge in [0, 0.05) is 22.9 Å². The quantitative estimate of drug-likeness (QED) is 0.806. The molecule has 0 radical (unpaired) electrons. The van der Waals surface area contributed by atoms with Gasteiger partial charge in [0.2, 0.25) is 0 Å². The highest BCUT2D eigenvalue weighted by Crippen LogP contribution is 2.27. The van der Waals surface area contributed by atoms with Crippen molar-refractivity contribution in [2.45, 2.75) is 25.8 Å². The van der Waals surface area contributed by atoms with Crippen LogP contribution >= 0.6 is 22.9 Å². The lowest BCUT2D eigenvalue weighted by Gasteiger charge is -2.19. The summed E-state index contributed by atoms with van der Waals surface area (Å²) in [5.74, 6) is -0.311. The van der Waals surface area contributed by atoms with Crippen molar-refractivity contribution < 1.29 is 4.39 Å². The number of thiophene rings is 1. The zero-order valence-corrected chi connectivity index (χ0v) is 12.4. The van der Waals surface area contributed by atoms with Crippen molar-refractivity contribution in [1.29, 1.82) is 0 Å². The topological polar surface area (TPSA) is 12.0 Å². The summed E-state index contributed by atoms with van der Waals surface area (Å²) in [5.41, 5.74) is 0.648. The van der Waals surface area contributed by atoms with E-state index in [9.17, 15) is 4.39 Å². The van der Waals surface area contributed by atoms with Gasteiger partial charge < -0.3 is 5.32 Å². The van der Waals surface area contributed by atoms with Crippen LogP contribution in [0, 0.1) is 5.82 Å². The van der Waals surface area contributed by atoms with Crippen LogP contribution in [0.25, 0.3) is 0 Å². The van der Waals surface area contributed by atoms with Crippen molar-refractivity contribution in [2.75, 3.05) is 6.54 Å². The van der Waals surface area contributed by atoms with Crippen LogP contribution in [0.2, 0.25) is 5.02 Å². The van der Waals surface area contributed by atoms with Gasteiger partial charge in [-0.1, -0.05) is 36.7 Å². The Morgan fingerprint density at radius 1 is 1.32 bits per heavy atom. The van der Waals surface area contributed by atoms with E-state index < -0.39 is 0 Å². The SMILES string of the molecule is CCCNC(Cc1cccs1)c1cccc(Cl)c1F. The average Bonchev–Trinajstić information content (AvgIpc) is 2.91. The molecule has 1 nitrogen and oxygen atoms in total. The van der Waals surface area contributed by atoms with Crippen molar-refractivity contribution in [3.05, 3.63) is 57.0 Å². The van der Waals surface area contributed by atoms with Gasteiger partial charge in [-0.25, -0.2) is 4.39 Å². The molecule has 0 aliphatic heterocycles. The van der Waals surface area contributed by atoms with Gasteiger partial charge in [-0.3, -0.25) is 0 Å². The van der Waals surface area contributed by atoms with Crippen molar-refractivity contribution in [3.63, 3.8) is 0 Å². The fourth-order valence-electron chi connectivity index (χ4n) is 2.03. The van der Waals surface area contributed by atoms with E-state index in [0.29, 0.717) is 5.56 Å². The third kappa shape index (κ3) is 3.78. The molecule has 0 aliphatic carbocycles. The molecule has 1 N–H and O–H groups in total. The van der Waals surface area contributed by atoms with Crippen LogP contribution in [-0.2, 0) is 6.42 Å². The normalized spacial score (nSPS) is 12.6. The standard InChI is InChI=1S/C15H17ClFNS/c1-2-8-18-14(10-11-5-4-9-19-11)12-6-3-7-13(16)15(12)17/h3-7,9,14,18H,2,8,10H2,1H3. The lowest BCUT2D eigenvalue weighted by atomic mass is 10.0. The van der Waals surface area contributed by atoms with Gasteiger partial charge in [-0.05, 0) is 30.5 Å². The largest absolute Gasteiger partial charge is 0.310 e. The Kier molecular flexibility index (Phi) is 5.37. The van der Waals surface area contributed by atoms with Gasteiger partial charge in [0.25, 0.3) is 0 Å². The maximum atomic E-state index is 14.1. The van der Waals surface area contributed by atoms with Crippen molar-refractivity contribution in [3.8, 4) is 0 Å². The summed E-state index contributed by atoms with van der Waals surface area (Å²) in [6.07, 6.45) is 1.80. The summed E-state index contributed by atoms with van der Waals surface area (Å²) in [5, 5.41) is 5.63. The molecule has 1 unspecified atom stereocenters. The van der Waals surface area contributed by atoms with Crippen molar-refractivity contribution >= 4 is 22.9 Å². The van der Waals surface area contributed by atoms with E-state index >= 15 is 0 Å². The zero-order chi connectivity index (χ0) is 13.7. The Hall–Kier alpha value is -0.900. The molecule has 0 amide bonds. The number of benzene rings is 1. The number of hydrogen-bond acceptors (Lipinski definition) is 2. The number of hydrogen-bond donors (Lipinski definition) is 1. The highest BCUT2D eigenvalue weighted by molar-refractivity contribution is 7.09. The van der Waals surface area contributed by atoms with E-state index in [1.165, 1.54) is 4.88 Å². The first kappa shape index (κ1) is 14.5. The van der Waals surface area contributed by atoms with Gasteiger partial charge in [0.15, 0.2) is 0 Å². The summed E-state index contributed by atoms with van der Waals surface area (Å²) in [6.45, 7) is 2.96. The molecule has 4 heteroatoms. The van der Waals surface area contributed by atoms with E-state index in [4.69, 9.17) is 11.6 Å². The van der Waals surface area contributed by atoms with Gasteiger partial charge in [0.1, 0.15) is 5.82 Å². The van der Waals surface area contributed by atoms with E-state index in [-0.39, 0.29) is 16.9 Å². The summed E-state index contributed by atoms with van der Waals surface area (Å²) >= 11 is 7.57. The first-order valence-electron chi connectivity index (χ1n) is 6.42. The summed E-state index contributed by atoms with van der Waals surface area (Å²) in [6, 6.07) is 9.26. The predicted octanol–water partition coefficient (Wildman–Crippen LogP) is 4.82. The third-order valence-electron chi connectivity index (χ3n) is 2.98. The van der Waals surface area contributed by atoms with Gasteiger partial charge >= 0.3 is 0 Å². The molecule has 1 aromatic carbocycles. The zero-order valence-electron chi connectivity index (χ0n) is 10.8. The molecule has 0 saturated heterocycles. The molecular formula is C15H17ClFNS. The maximum Gasteiger partial charge on any atom is 0.146 e. The third-order valence-corrected chi connectivity index (χ3v) is 4.17. The van der Waals surface area contributed by atoms with Crippen LogP contribution in [-0.4, -0.2) is 6.54 Å². The Labute approximate surface area is 122 Å². The predicted molar refractivity (Wildman–Crippen MR) is 80.5 cm³/mol. The molecule has 102 valence electrons. The minimum atomic E-state index is -0.311. The van der Waals surface area contributed by atoms with E-state index in [0.717, 1.165) is 19.4 Å². The molecule has 0 spiro atoms. The minimum Gasteiger partial charge on any atom is -0.310 e. The molecule has 0 bridgehead atoms. The second-order valence-corrected chi connectivity index (χ2v) is 5.87. The van der Waals surface area contributed by atoms with Crippen molar-refractivity contribution in [1.82, 2.24) is 5.32 Å². The Balaban J connectivity index is 2.23. The Morgan fingerprint density at radius 3 is 2.84 bits per heavy atom. The molecule has 1 aromatic heterocycles. The highest BCUT2D eigenvalue weighted by Gasteiger charge is 2.17. The van der Waals surface area contributed by atoms with Crippen LogP contribution < -0.4 is 5.32 Å². The monoisotopic (exact) mass is 297 g/mol. The molecule has 0 aliphatic rings. The molecule has 19 heavy (non-hydrogen) atoms. The number of nitrogens with one attached hydrogen (secondary N) is 1. The first-order chi connectivity index (χ1) is 9.22. The highest BCUT2D eigenvalue weighted by atomic mass is 35.5. The van der Waals surface area contributed by atoms with E-state index in [2.05, 4.69) is 18.3 Å². The average molecular weight is 298 g/mol. The fraction of sp³-hybridized carbons (Fsp3) is 0.333. The number of rotatable bonds is 6. The Bertz CT molecular complexity index is 513. The van der Waals surface area contributed by atoms with Crippen LogP contribution in [0.1, 0.15) is 29.8 Å². The molecule has 2 rings (SSSR count). The van der Waals surface area contributed by atoms with Crippen LogP contribution in [0.3, 0.4) is 0 Å². The minimum absolute atomic E-state index is 0.0303. The van der Waals surface area contributed by atoms with Crippen LogP contribution in [0.5, 0.6) is 0 Å². The lowest BCUT2D eigenvalue weighted by molar-refractivity contribution is 0.499. The summed E-state index contributed by atoms with van der Waals surface area (Å²) in [7, 11) is 0.